The molecular weight excluding hydrogens is 849 g/mol. The Bertz CT molecular complexity index is 3870. The largest absolute Gasteiger partial charge is 0.312 e. The minimum Gasteiger partial charge on any atom is -0.312 e. The highest BCUT2D eigenvalue weighted by Gasteiger charge is 2.25. The quantitative estimate of drug-likeness (QED) is 0.143. The molecule has 0 radical (unpaired) electrons. The molecule has 4 heteroatoms. The van der Waals surface area contributed by atoms with Gasteiger partial charge in [-0.1, -0.05) is 179 Å². The summed E-state index contributed by atoms with van der Waals surface area (Å²) in [4.78, 5) is 4.54. The molecular formula is C66H52N4. The van der Waals surface area contributed by atoms with Gasteiger partial charge in [-0.25, -0.2) is 0 Å². The molecule has 0 N–H and O–H groups in total. The van der Waals surface area contributed by atoms with Crippen LogP contribution in [0.5, 0.6) is 0 Å². The average molecular weight is 901 g/mol. The summed E-state index contributed by atoms with van der Waals surface area (Å²) in [5.41, 5.74) is 11.1. The van der Waals surface area contributed by atoms with Gasteiger partial charge >= 0.3 is 0 Å². The minimum atomic E-state index is 0.586. The van der Waals surface area contributed by atoms with Crippen LogP contribution in [0, 0.1) is 22.7 Å². The Morgan fingerprint density at radius 2 is 0.800 bits per heavy atom. The average Bonchev–Trinajstić information content (AvgIpc) is 3.44. The molecule has 11 aromatic carbocycles. The van der Waals surface area contributed by atoms with E-state index in [2.05, 4.69) is 210 Å². The molecule has 0 amide bonds. The van der Waals surface area contributed by atoms with Gasteiger partial charge in [-0.15, -0.1) is 0 Å². The van der Waals surface area contributed by atoms with E-state index >= 15 is 0 Å². The first-order valence-electron chi connectivity index (χ1n) is 24.4. The van der Waals surface area contributed by atoms with Gasteiger partial charge in [-0.05, 0) is 145 Å². The molecule has 0 saturated heterocycles. The highest BCUT2D eigenvalue weighted by atomic mass is 15.2. The Kier molecular flexibility index (Phi) is 12.6. The summed E-state index contributed by atoms with van der Waals surface area (Å²) < 4.78 is 0. The Morgan fingerprint density at radius 1 is 0.386 bits per heavy atom. The van der Waals surface area contributed by atoms with Crippen LogP contribution >= 0.6 is 0 Å². The van der Waals surface area contributed by atoms with Crippen molar-refractivity contribution < 1.29 is 0 Å². The SMILES string of the molecule is CC.CC.N#Cc1cc(-c2ccc3ccccc3c2)ccc1N(C1=CC=CCC1)c1ccc2ccc3c(N(c4ccccc4)c4ccc(-c5ccc6ccccc6c5)cc4C#N)ccc4ccc1c2c43. The van der Waals surface area contributed by atoms with Gasteiger partial charge in [0, 0.05) is 22.2 Å². The third kappa shape index (κ3) is 8.06. The van der Waals surface area contributed by atoms with E-state index in [9.17, 15) is 10.5 Å². The molecule has 1 aliphatic carbocycles. The number of hydrogen-bond donors (Lipinski definition) is 0. The maximum absolute atomic E-state index is 10.9. The van der Waals surface area contributed by atoms with Crippen molar-refractivity contribution in [3.63, 3.8) is 0 Å². The zero-order valence-electron chi connectivity index (χ0n) is 40.0. The maximum Gasteiger partial charge on any atom is 0.101 e. The molecule has 0 saturated carbocycles. The van der Waals surface area contributed by atoms with Crippen LogP contribution in [-0.2, 0) is 0 Å². The molecule has 11 aromatic rings. The summed E-state index contributed by atoms with van der Waals surface area (Å²) >= 11 is 0. The molecule has 12 rings (SSSR count). The molecule has 0 spiro atoms. The molecule has 336 valence electrons. The van der Waals surface area contributed by atoms with Crippen molar-refractivity contribution in [1.29, 1.82) is 10.5 Å². The molecule has 0 aliphatic heterocycles. The summed E-state index contributed by atoms with van der Waals surface area (Å²) in [7, 11) is 0. The van der Waals surface area contributed by atoms with Crippen molar-refractivity contribution in [3.8, 4) is 34.4 Å². The smallest absolute Gasteiger partial charge is 0.101 e. The number of rotatable bonds is 8. The van der Waals surface area contributed by atoms with Gasteiger partial charge in [0.05, 0.1) is 33.9 Å². The predicted molar refractivity (Wildman–Crippen MR) is 298 cm³/mol. The van der Waals surface area contributed by atoms with Crippen LogP contribution in [-0.4, -0.2) is 0 Å². The van der Waals surface area contributed by atoms with E-state index in [1.54, 1.807) is 0 Å². The van der Waals surface area contributed by atoms with Gasteiger partial charge in [-0.3, -0.25) is 0 Å². The molecule has 4 nitrogen and oxygen atoms in total. The summed E-state index contributed by atoms with van der Waals surface area (Å²) in [6.45, 7) is 8.00. The topological polar surface area (TPSA) is 54.1 Å². The van der Waals surface area contributed by atoms with E-state index in [1.165, 1.54) is 16.2 Å². The molecule has 0 fully saturated rings. The van der Waals surface area contributed by atoms with Crippen LogP contribution in [0.15, 0.2) is 224 Å². The van der Waals surface area contributed by atoms with Crippen molar-refractivity contribution in [1.82, 2.24) is 0 Å². The van der Waals surface area contributed by atoms with E-state index in [0.29, 0.717) is 11.1 Å². The van der Waals surface area contributed by atoms with Gasteiger partial charge in [-0.2, -0.15) is 10.5 Å². The third-order valence-electron chi connectivity index (χ3n) is 13.3. The van der Waals surface area contributed by atoms with Crippen molar-refractivity contribution in [2.45, 2.75) is 40.5 Å². The molecule has 70 heavy (non-hydrogen) atoms. The lowest BCUT2D eigenvalue weighted by Crippen LogP contribution is -2.19. The summed E-state index contributed by atoms with van der Waals surface area (Å²) in [6.07, 6.45) is 8.28. The Hall–Kier alpha value is -8.96. The monoisotopic (exact) mass is 900 g/mol. The van der Waals surface area contributed by atoms with Gasteiger partial charge in [0.25, 0.3) is 0 Å². The highest BCUT2D eigenvalue weighted by Crippen LogP contribution is 2.48. The number of anilines is 5. The second-order valence-electron chi connectivity index (χ2n) is 17.0. The standard InChI is InChI=1S/C62H40N4.2C2H6/c63-39-51-37-49(47-21-19-41-11-7-9-13-45(41)35-47)27-31-57(51)65(53-15-3-1-4-16-53)59-33-25-43-24-30-56-60(34-26-44-23-29-55(59)61(43)62(44)56)66(54-17-5-2-6-18-54)58-32-28-50(38-52(58)40-64)48-22-20-42-12-8-10-14-46(42)36-48;2*1-2/h1-5,7-17,19-38H,6,18H2;2*1-2H3. The van der Waals surface area contributed by atoms with E-state index in [4.69, 9.17) is 0 Å². The summed E-state index contributed by atoms with van der Waals surface area (Å²) in [5, 5.41) is 33.2. The number of nitriles is 2. The van der Waals surface area contributed by atoms with Crippen LogP contribution in [0.3, 0.4) is 0 Å². The Balaban J connectivity index is 0.00000138. The lowest BCUT2D eigenvalue weighted by atomic mass is 9.91. The van der Waals surface area contributed by atoms with Gasteiger partial charge in [0.15, 0.2) is 0 Å². The van der Waals surface area contributed by atoms with Gasteiger partial charge < -0.3 is 9.80 Å². The van der Waals surface area contributed by atoms with Gasteiger partial charge in [0.1, 0.15) is 12.1 Å². The predicted octanol–water partition coefficient (Wildman–Crippen LogP) is 18.9. The number of allylic oxidation sites excluding steroid dienone is 4. The number of hydrogen-bond acceptors (Lipinski definition) is 4. The maximum atomic E-state index is 10.9. The number of benzene rings is 11. The zero-order chi connectivity index (χ0) is 48.1. The molecule has 0 aromatic heterocycles. The number of para-hydroxylation sites is 1. The zero-order valence-corrected chi connectivity index (χ0v) is 40.0. The van der Waals surface area contributed by atoms with E-state index in [1.807, 2.05) is 58.0 Å². The molecule has 0 unspecified atom stereocenters. The Morgan fingerprint density at radius 3 is 1.30 bits per heavy atom. The highest BCUT2D eigenvalue weighted by molar-refractivity contribution is 6.28. The number of nitrogens with zero attached hydrogens (tertiary/aromatic N) is 4. The fourth-order valence-corrected chi connectivity index (χ4v) is 10.1. The van der Waals surface area contributed by atoms with Crippen molar-refractivity contribution in [2.24, 2.45) is 0 Å². The van der Waals surface area contributed by atoms with Gasteiger partial charge in [0.2, 0.25) is 0 Å². The normalized spacial score (nSPS) is 11.9. The van der Waals surface area contributed by atoms with Crippen LogP contribution in [0.4, 0.5) is 28.4 Å². The van der Waals surface area contributed by atoms with Crippen molar-refractivity contribution in [3.05, 3.63) is 235 Å². The van der Waals surface area contributed by atoms with Crippen molar-refractivity contribution >= 4 is 82.3 Å². The van der Waals surface area contributed by atoms with Crippen LogP contribution in [0.1, 0.15) is 51.7 Å². The second kappa shape index (κ2) is 19.7. The second-order valence-corrected chi connectivity index (χ2v) is 17.0. The molecule has 0 atom stereocenters. The fourth-order valence-electron chi connectivity index (χ4n) is 10.1. The summed E-state index contributed by atoms with van der Waals surface area (Å²) in [5.74, 6) is 0. The van der Waals surface area contributed by atoms with Crippen molar-refractivity contribution in [2.75, 3.05) is 9.80 Å². The summed E-state index contributed by atoms with van der Waals surface area (Å²) in [6, 6.07) is 75.5. The fraction of sp³-hybridized carbons (Fsp3) is 0.0909. The minimum absolute atomic E-state index is 0.586. The lowest BCUT2D eigenvalue weighted by Gasteiger charge is -2.32. The lowest BCUT2D eigenvalue weighted by molar-refractivity contribution is 0.918. The molecule has 1 aliphatic rings. The first kappa shape index (κ1) is 44.9. The van der Waals surface area contributed by atoms with E-state index in [0.717, 1.165) is 107 Å². The first-order valence-corrected chi connectivity index (χ1v) is 24.4. The van der Waals surface area contributed by atoms with Crippen LogP contribution in [0.25, 0.3) is 76.1 Å². The molecule has 0 heterocycles. The first-order chi connectivity index (χ1) is 34.6. The van der Waals surface area contributed by atoms with E-state index < -0.39 is 0 Å². The van der Waals surface area contributed by atoms with Crippen LogP contribution < -0.4 is 9.80 Å². The Labute approximate surface area is 410 Å². The third-order valence-corrected chi connectivity index (χ3v) is 13.3. The van der Waals surface area contributed by atoms with E-state index in [-0.39, 0.29) is 0 Å². The number of fused-ring (bicyclic) bond motifs is 2. The molecule has 0 bridgehead atoms. The van der Waals surface area contributed by atoms with Crippen LogP contribution in [0.2, 0.25) is 0 Å².